The first-order valence-electron chi connectivity index (χ1n) is 4.82. The van der Waals surface area contributed by atoms with Crippen molar-refractivity contribution in [1.29, 1.82) is 0 Å². The van der Waals surface area contributed by atoms with Gasteiger partial charge in [-0.25, -0.2) is 18.6 Å². The Morgan fingerprint density at radius 2 is 1.68 bits per heavy atom. The standard InChI is InChI=1S/C10H10NO2S.ClHO4/c1-7-11-13-10(14-7)8-3-5-9(12-2)6-4-8;2-1(3,4)5/h3-6H,1-2H3;(H,2,3,4,5)/q+1;/p-1. The average Bonchev–Trinajstić information content (AvgIpc) is 2.74. The topological polar surface area (TPSA) is 126 Å². The Kier molecular flexibility index (Phi) is 5.60. The minimum atomic E-state index is -4.94. The van der Waals surface area contributed by atoms with E-state index in [1.165, 1.54) is 11.3 Å². The van der Waals surface area contributed by atoms with Crippen LogP contribution in [0.1, 0.15) is 5.01 Å². The summed E-state index contributed by atoms with van der Waals surface area (Å²) < 4.78 is 44.2. The summed E-state index contributed by atoms with van der Waals surface area (Å²) in [4.78, 5) is 0. The van der Waals surface area contributed by atoms with Gasteiger partial charge in [-0.1, -0.05) is 4.52 Å². The molecule has 2 rings (SSSR count). The highest BCUT2D eigenvalue weighted by Crippen LogP contribution is 2.26. The maximum Gasteiger partial charge on any atom is 0.464 e. The Hall–Kier alpha value is -1.29. The number of methoxy groups -OCH3 is 1. The van der Waals surface area contributed by atoms with E-state index in [9.17, 15) is 0 Å². The highest BCUT2D eigenvalue weighted by atomic mass is 35.7. The maximum atomic E-state index is 8.49. The Labute approximate surface area is 115 Å². The number of ether oxygens (including phenoxy) is 1. The third kappa shape index (κ3) is 6.43. The zero-order valence-corrected chi connectivity index (χ0v) is 11.6. The fraction of sp³-hybridized carbons (Fsp3) is 0.200. The minimum Gasteiger partial charge on any atom is -0.497 e. The van der Waals surface area contributed by atoms with Crippen LogP contribution < -0.4 is 23.4 Å². The van der Waals surface area contributed by atoms with Gasteiger partial charge < -0.3 is 4.74 Å². The molecule has 0 unspecified atom stereocenters. The van der Waals surface area contributed by atoms with E-state index in [0.717, 1.165) is 21.4 Å². The van der Waals surface area contributed by atoms with Crippen LogP contribution in [-0.2, 0) is 0 Å². The van der Waals surface area contributed by atoms with Crippen molar-refractivity contribution in [2.75, 3.05) is 7.11 Å². The lowest BCUT2D eigenvalue weighted by Gasteiger charge is -2.17. The molecule has 9 heteroatoms. The summed E-state index contributed by atoms with van der Waals surface area (Å²) in [7, 11) is -3.30. The molecular weight excluding hydrogens is 298 g/mol. The Morgan fingerprint density at radius 1 is 1.16 bits per heavy atom. The molecule has 1 heterocycles. The maximum absolute atomic E-state index is 8.49. The van der Waals surface area contributed by atoms with Crippen LogP contribution in [0, 0.1) is 17.2 Å². The van der Waals surface area contributed by atoms with E-state index < -0.39 is 10.2 Å². The first-order valence-corrected chi connectivity index (χ1v) is 6.87. The third-order valence-corrected chi connectivity index (χ3v) is 2.69. The van der Waals surface area contributed by atoms with Crippen LogP contribution in [0.4, 0.5) is 0 Å². The monoisotopic (exact) mass is 307 g/mol. The van der Waals surface area contributed by atoms with E-state index >= 15 is 0 Å². The van der Waals surface area contributed by atoms with Crippen LogP contribution >= 0.6 is 11.3 Å². The van der Waals surface area contributed by atoms with Gasteiger partial charge in [0, 0.05) is 0 Å². The van der Waals surface area contributed by atoms with E-state index in [1.807, 2.05) is 31.2 Å². The van der Waals surface area contributed by atoms with Crippen molar-refractivity contribution in [3.8, 4) is 16.4 Å². The molecule has 0 spiro atoms. The van der Waals surface area contributed by atoms with Crippen molar-refractivity contribution in [3.05, 3.63) is 29.3 Å². The molecule has 0 aliphatic heterocycles. The number of halogens is 1. The molecule has 0 amide bonds. The number of aryl methyl sites for hydroxylation is 1. The van der Waals surface area contributed by atoms with Crippen LogP contribution in [0.3, 0.4) is 0 Å². The van der Waals surface area contributed by atoms with Crippen LogP contribution in [0.2, 0.25) is 0 Å². The van der Waals surface area contributed by atoms with Crippen molar-refractivity contribution >= 4 is 11.3 Å². The van der Waals surface area contributed by atoms with E-state index in [1.54, 1.807) is 7.11 Å². The first-order chi connectivity index (χ1) is 8.79. The van der Waals surface area contributed by atoms with Gasteiger partial charge in [0.15, 0.2) is 10.2 Å². The first kappa shape index (κ1) is 15.8. The second kappa shape index (κ2) is 6.75. The molecule has 2 aromatic rings. The van der Waals surface area contributed by atoms with Crippen LogP contribution in [0.25, 0.3) is 10.6 Å². The second-order valence-corrected chi connectivity index (χ2v) is 5.12. The van der Waals surface area contributed by atoms with Crippen molar-refractivity contribution in [1.82, 2.24) is 5.16 Å². The molecule has 1 aromatic heterocycles. The lowest BCUT2D eigenvalue weighted by Crippen LogP contribution is -2.68. The van der Waals surface area contributed by atoms with Gasteiger partial charge in [-0.15, -0.1) is 10.2 Å². The number of aromatic nitrogens is 1. The quantitative estimate of drug-likeness (QED) is 0.602. The van der Waals surface area contributed by atoms with E-state index in [0.29, 0.717) is 0 Å². The zero-order chi connectivity index (χ0) is 14.5. The molecule has 1 aromatic carbocycles. The molecule has 0 fully saturated rings. The predicted molar refractivity (Wildman–Crippen MR) is 55.5 cm³/mol. The lowest BCUT2D eigenvalue weighted by molar-refractivity contribution is -2.00. The molecule has 0 saturated heterocycles. The van der Waals surface area contributed by atoms with E-state index in [2.05, 4.69) is 5.16 Å². The van der Waals surface area contributed by atoms with Gasteiger partial charge in [0.25, 0.3) is 0 Å². The van der Waals surface area contributed by atoms with Crippen LogP contribution in [0.15, 0.2) is 28.8 Å². The summed E-state index contributed by atoms with van der Waals surface area (Å²) in [6, 6.07) is 7.71. The molecule has 0 radical (unpaired) electrons. The number of benzene rings is 1. The second-order valence-electron chi connectivity index (χ2n) is 3.20. The molecule has 0 saturated carbocycles. The van der Waals surface area contributed by atoms with Gasteiger partial charge >= 0.3 is 5.07 Å². The number of rotatable bonds is 2. The average molecular weight is 308 g/mol. The van der Waals surface area contributed by atoms with Gasteiger partial charge in [-0.05, 0) is 42.5 Å². The van der Waals surface area contributed by atoms with Crippen molar-refractivity contribution < 1.29 is 38.1 Å². The van der Waals surface area contributed by atoms with Crippen molar-refractivity contribution in [2.45, 2.75) is 6.92 Å². The fourth-order valence-electron chi connectivity index (χ4n) is 1.12. The molecule has 104 valence electrons. The van der Waals surface area contributed by atoms with E-state index in [-0.39, 0.29) is 0 Å². The highest BCUT2D eigenvalue weighted by Gasteiger charge is 2.17. The smallest absolute Gasteiger partial charge is 0.464 e. The van der Waals surface area contributed by atoms with Gasteiger partial charge in [0.2, 0.25) is 0 Å². The van der Waals surface area contributed by atoms with Gasteiger partial charge in [0.05, 0.1) is 12.7 Å². The third-order valence-electron chi connectivity index (χ3n) is 1.82. The molecule has 19 heavy (non-hydrogen) atoms. The van der Waals surface area contributed by atoms with Gasteiger partial charge in [0.1, 0.15) is 5.75 Å². The molecule has 0 bridgehead atoms. The number of hydrogen-bond donors (Lipinski definition) is 0. The van der Waals surface area contributed by atoms with Gasteiger partial charge in [-0.3, -0.25) is 0 Å². The molecule has 7 nitrogen and oxygen atoms in total. The molecule has 0 N–H and O–H groups in total. The predicted octanol–water partition coefficient (Wildman–Crippen LogP) is -1.75. The minimum absolute atomic E-state index is 0.824. The fourth-order valence-corrected chi connectivity index (χ4v) is 1.79. The molecular formula is C10H10ClNO6S. The molecule has 0 aliphatic rings. The highest BCUT2D eigenvalue weighted by molar-refractivity contribution is 7.14. The van der Waals surface area contributed by atoms with Gasteiger partial charge in [-0.2, -0.15) is 0 Å². The summed E-state index contributed by atoms with van der Waals surface area (Å²) in [5, 5.41) is 5.60. The summed E-state index contributed by atoms with van der Waals surface area (Å²) in [5.41, 5.74) is 1.02. The zero-order valence-electron chi connectivity index (χ0n) is 9.99. The molecule has 0 aliphatic carbocycles. The normalized spacial score (nSPS) is 10.6. The van der Waals surface area contributed by atoms with Crippen LogP contribution in [0.5, 0.6) is 5.75 Å². The Bertz CT molecular complexity index is 503. The lowest BCUT2D eigenvalue weighted by atomic mass is 10.2. The van der Waals surface area contributed by atoms with Crippen molar-refractivity contribution in [2.24, 2.45) is 0 Å². The molecule has 0 atom stereocenters. The summed E-state index contributed by atoms with van der Waals surface area (Å²) in [6.45, 7) is 1.92. The largest absolute Gasteiger partial charge is 0.497 e. The Morgan fingerprint density at radius 3 is 2.05 bits per heavy atom. The van der Waals surface area contributed by atoms with Crippen molar-refractivity contribution in [3.63, 3.8) is 0 Å². The summed E-state index contributed by atoms with van der Waals surface area (Å²) in [5.74, 6) is 0.843. The van der Waals surface area contributed by atoms with E-state index in [4.69, 9.17) is 27.9 Å². The number of nitrogens with zero attached hydrogens (tertiary/aromatic N) is 1. The Balaban J connectivity index is 0.000000312. The van der Waals surface area contributed by atoms with Crippen LogP contribution in [-0.4, -0.2) is 12.3 Å². The SMILES string of the molecule is COc1ccc(-c2[o+]nc(C)s2)cc1.[O-][Cl+3]([O-])([O-])[O-]. The number of hydrogen-bond acceptors (Lipinski definition) is 7. The summed E-state index contributed by atoms with van der Waals surface area (Å²) in [6.07, 6.45) is 0. The summed E-state index contributed by atoms with van der Waals surface area (Å²) >= 11 is 1.54.